The molecule has 4 aromatic rings. The summed E-state index contributed by atoms with van der Waals surface area (Å²) in [4.78, 5) is 56.4. The molecule has 0 fully saturated rings. The van der Waals surface area contributed by atoms with Crippen molar-refractivity contribution in [1.29, 1.82) is 0 Å². The molecule has 2 unspecified atom stereocenters. The third-order valence-corrected chi connectivity index (χ3v) is 8.48. The summed E-state index contributed by atoms with van der Waals surface area (Å²) in [6.45, 7) is 5.34. The zero-order valence-electron chi connectivity index (χ0n) is 26.8. The number of aryl methyl sites for hydroxylation is 1. The minimum absolute atomic E-state index is 0.0197. The Morgan fingerprint density at radius 1 is 1.14 bits per heavy atom. The van der Waals surface area contributed by atoms with Crippen molar-refractivity contribution in [2.24, 2.45) is 10.9 Å². The number of amides is 1. The zero-order valence-corrected chi connectivity index (χ0v) is 28.3. The average molecular weight is 724 g/mol. The average Bonchev–Trinajstić information content (AvgIpc) is 3.52. The van der Waals surface area contributed by atoms with Crippen LogP contribution in [0.2, 0.25) is 5.02 Å². The van der Waals surface area contributed by atoms with Crippen molar-refractivity contribution in [3.8, 4) is 5.69 Å². The number of hydrogen-bond donors (Lipinski definition) is 2. The summed E-state index contributed by atoms with van der Waals surface area (Å²) in [7, 11) is 0. The Morgan fingerprint density at radius 3 is 2.39 bits per heavy atom. The van der Waals surface area contributed by atoms with Crippen molar-refractivity contribution < 1.29 is 37.4 Å². The molecule has 12 nitrogen and oxygen atoms in total. The fraction of sp³-hybridized carbons (Fsp3) is 0.344. The normalized spacial score (nSPS) is 16.3. The van der Waals surface area contributed by atoms with Crippen molar-refractivity contribution in [1.82, 2.24) is 24.6 Å². The summed E-state index contributed by atoms with van der Waals surface area (Å²) in [6.07, 6.45) is -0.115. The Balaban J connectivity index is 0.000000222. The predicted molar refractivity (Wildman–Crippen MR) is 175 cm³/mol. The number of hydrogen-bond acceptors (Lipinski definition) is 8. The van der Waals surface area contributed by atoms with Crippen LogP contribution in [0.3, 0.4) is 0 Å². The van der Waals surface area contributed by atoms with Crippen LogP contribution >= 0.6 is 23.2 Å². The van der Waals surface area contributed by atoms with Crippen LogP contribution in [-0.2, 0) is 20.7 Å². The molecule has 0 aliphatic carbocycles. The van der Waals surface area contributed by atoms with Crippen molar-refractivity contribution in [3.63, 3.8) is 0 Å². The Kier molecular flexibility index (Phi) is 11.2. The first-order valence-corrected chi connectivity index (χ1v) is 15.6. The van der Waals surface area contributed by atoms with Crippen molar-refractivity contribution >= 4 is 57.8 Å². The number of aliphatic imine (C=N–C) groups is 1. The predicted octanol–water partition coefficient (Wildman–Crippen LogP) is 5.47. The summed E-state index contributed by atoms with van der Waals surface area (Å²) >= 11 is 11.9. The van der Waals surface area contributed by atoms with E-state index in [0.29, 0.717) is 10.2 Å². The molecule has 260 valence electrons. The number of alkyl halides is 3. The first-order valence-electron chi connectivity index (χ1n) is 14.8. The minimum Gasteiger partial charge on any atom is -0.478 e. The third-order valence-electron chi connectivity index (χ3n) is 7.80. The number of aromatic nitrogens is 4. The number of nitrogens with zero attached hydrogens (tertiary/aromatic N) is 5. The van der Waals surface area contributed by atoms with E-state index in [1.165, 1.54) is 6.92 Å². The van der Waals surface area contributed by atoms with E-state index in [4.69, 9.17) is 27.9 Å². The largest absolute Gasteiger partial charge is 0.478 e. The number of esters is 1. The van der Waals surface area contributed by atoms with Crippen LogP contribution in [-0.4, -0.2) is 65.6 Å². The first-order chi connectivity index (χ1) is 23.0. The van der Waals surface area contributed by atoms with Gasteiger partial charge in [-0.3, -0.25) is 9.59 Å². The van der Waals surface area contributed by atoms with Gasteiger partial charge in [-0.1, -0.05) is 43.6 Å². The first kappa shape index (κ1) is 37.1. The monoisotopic (exact) mass is 722 g/mol. The lowest BCUT2D eigenvalue weighted by molar-refractivity contribution is -0.142. The quantitative estimate of drug-likeness (QED) is 0.170. The highest BCUT2D eigenvalue weighted by molar-refractivity contribution is 6.32. The molecule has 2 N–H and O–H groups in total. The number of carboxylic acids is 1. The highest BCUT2D eigenvalue weighted by Gasteiger charge is 2.43. The van der Waals surface area contributed by atoms with Crippen LogP contribution in [0, 0.1) is 18.7 Å². The molecule has 2 aromatic carbocycles. The van der Waals surface area contributed by atoms with Gasteiger partial charge >= 0.3 is 24.2 Å². The summed E-state index contributed by atoms with van der Waals surface area (Å²) in [5.41, 5.74) is -1.42. The molecule has 0 spiro atoms. The molecule has 3 heterocycles. The van der Waals surface area contributed by atoms with Gasteiger partial charge in [0.2, 0.25) is 0 Å². The van der Waals surface area contributed by atoms with Crippen LogP contribution in [0.5, 0.6) is 0 Å². The van der Waals surface area contributed by atoms with Gasteiger partial charge in [0.15, 0.2) is 11.7 Å². The summed E-state index contributed by atoms with van der Waals surface area (Å²) in [5, 5.41) is 15.4. The van der Waals surface area contributed by atoms with Gasteiger partial charge in [-0.25, -0.2) is 28.5 Å². The third kappa shape index (κ3) is 7.62. The zero-order chi connectivity index (χ0) is 36.4. The van der Waals surface area contributed by atoms with E-state index < -0.39 is 40.9 Å². The number of halogens is 5. The van der Waals surface area contributed by atoms with Gasteiger partial charge < -0.3 is 15.2 Å². The molecule has 0 saturated carbocycles. The van der Waals surface area contributed by atoms with Crippen LogP contribution in [0.4, 0.5) is 13.2 Å². The molecule has 0 radical (unpaired) electrons. The van der Waals surface area contributed by atoms with Gasteiger partial charge in [0.1, 0.15) is 28.1 Å². The van der Waals surface area contributed by atoms with Crippen LogP contribution in [0.25, 0.3) is 16.6 Å². The molecule has 0 saturated heterocycles. The van der Waals surface area contributed by atoms with E-state index in [0.717, 1.165) is 17.5 Å². The molecular weight excluding hydrogens is 692 g/mol. The maximum atomic E-state index is 14.2. The number of aromatic carboxylic acids is 1. The number of rotatable bonds is 9. The summed E-state index contributed by atoms with van der Waals surface area (Å²) in [5.74, 6) is -3.07. The number of nitrogens with one attached hydrogen (secondary N) is 1. The molecule has 1 amide bonds. The van der Waals surface area contributed by atoms with Crippen LogP contribution in [0.1, 0.15) is 61.7 Å². The van der Waals surface area contributed by atoms with E-state index >= 15 is 0 Å². The summed E-state index contributed by atoms with van der Waals surface area (Å²) in [6, 6.07) is 10.8. The van der Waals surface area contributed by atoms with Crippen molar-refractivity contribution in [2.75, 3.05) is 6.61 Å². The van der Waals surface area contributed by atoms with Crippen molar-refractivity contribution in [3.05, 3.63) is 86.4 Å². The summed E-state index contributed by atoms with van der Waals surface area (Å²) < 4.78 is 45.5. The standard InChI is InChI=1S/C17H17N3O3.C15H14Cl2F3N3O3/c1-9(2)17(3)16(23)19-14(20-17)13-11(15(21)22)8-10-6-4-5-7-12(10)18-13;1-3-26-13(24)10(17)4-8-5-12(11(18)6-9(8)16)23-15(25)22(14(19)20)7(2)21-23/h4-9H,1-3H3,(H,21,22)(H,19,20,23);5-6,10,14H,3-4H2,1-2H3. The molecule has 1 aliphatic rings. The second kappa shape index (κ2) is 14.8. The topological polar surface area (TPSA) is 158 Å². The Hall–Kier alpha value is -4.76. The molecule has 0 bridgehead atoms. The van der Waals surface area contributed by atoms with Gasteiger partial charge in [-0.2, -0.15) is 13.5 Å². The number of amidine groups is 1. The number of carbonyl (C=O) groups excluding carboxylic acids is 2. The number of fused-ring (bicyclic) bond motifs is 1. The highest BCUT2D eigenvalue weighted by atomic mass is 35.5. The van der Waals surface area contributed by atoms with Gasteiger partial charge in [0.25, 0.3) is 5.91 Å². The lowest BCUT2D eigenvalue weighted by Gasteiger charge is -2.21. The van der Waals surface area contributed by atoms with Gasteiger partial charge in [-0.05, 0) is 56.5 Å². The van der Waals surface area contributed by atoms with E-state index in [-0.39, 0.29) is 68.6 Å². The molecule has 2 atom stereocenters. The number of pyridine rings is 1. The number of para-hydroxylation sites is 1. The number of benzene rings is 2. The Bertz CT molecular complexity index is 2030. The Morgan fingerprint density at radius 2 is 1.82 bits per heavy atom. The van der Waals surface area contributed by atoms with E-state index in [1.807, 2.05) is 26.0 Å². The van der Waals surface area contributed by atoms with E-state index in [1.54, 1.807) is 32.0 Å². The minimum atomic E-state index is -3.12. The number of carboxylic acid groups (broad SMARTS) is 1. The molecule has 2 aromatic heterocycles. The molecule has 1 aliphatic heterocycles. The number of ether oxygens (including phenoxy) is 1. The smallest absolute Gasteiger partial charge is 0.355 e. The fourth-order valence-electron chi connectivity index (χ4n) is 4.77. The van der Waals surface area contributed by atoms with Gasteiger partial charge in [0.05, 0.1) is 17.7 Å². The van der Waals surface area contributed by atoms with Crippen LogP contribution in [0.15, 0.2) is 52.3 Å². The fourth-order valence-corrected chi connectivity index (χ4v) is 5.23. The molecule has 49 heavy (non-hydrogen) atoms. The molecule has 17 heteroatoms. The van der Waals surface area contributed by atoms with Gasteiger partial charge in [-0.15, -0.1) is 16.7 Å². The second-order valence-corrected chi connectivity index (χ2v) is 12.2. The van der Waals surface area contributed by atoms with Crippen LogP contribution < -0.4 is 11.0 Å². The number of carbonyl (C=O) groups is 3. The molecule has 5 rings (SSSR count). The maximum Gasteiger partial charge on any atom is 0.355 e. The second-order valence-electron chi connectivity index (χ2n) is 11.3. The SMILES string of the molecule is CC(C)C1(C)N=C(c2nc3ccccc3cc2C(=O)O)NC1=O.CCOC(=O)C(Cl)Cc1cc(-n2nc(C)n(C(F)F)c2=O)c(F)cc1Cl. The van der Waals surface area contributed by atoms with E-state index in [2.05, 4.69) is 20.4 Å². The maximum absolute atomic E-state index is 14.2. The van der Waals surface area contributed by atoms with Crippen molar-refractivity contribution in [2.45, 2.75) is 58.5 Å². The van der Waals surface area contributed by atoms with Gasteiger partial charge in [0, 0.05) is 16.8 Å². The lowest BCUT2D eigenvalue weighted by atomic mass is 9.89. The Labute approximate surface area is 287 Å². The lowest BCUT2D eigenvalue weighted by Crippen LogP contribution is -2.41. The molecular formula is C32H31Cl2F3N6O6. The highest BCUT2D eigenvalue weighted by Crippen LogP contribution is 2.29. The van der Waals surface area contributed by atoms with E-state index in [9.17, 15) is 37.5 Å².